The summed E-state index contributed by atoms with van der Waals surface area (Å²) in [6.07, 6.45) is 2.10. The Morgan fingerprint density at radius 3 is 2.85 bits per heavy atom. The molecule has 1 fully saturated rings. The Hall–Kier alpha value is -1.34. The molecule has 106 valence electrons. The van der Waals surface area contributed by atoms with Crippen LogP contribution in [0.4, 0.5) is 11.4 Å². The fourth-order valence-corrected chi connectivity index (χ4v) is 4.36. The molecule has 1 aliphatic heterocycles. The molecule has 0 spiro atoms. The lowest BCUT2D eigenvalue weighted by molar-refractivity contribution is -0.383. The number of rotatable bonds is 3. The van der Waals surface area contributed by atoms with E-state index in [4.69, 9.17) is 0 Å². The smallest absolute Gasteiger partial charge is 0.293 e. The zero-order chi connectivity index (χ0) is 14.1. The molecule has 20 heavy (non-hydrogen) atoms. The standard InChI is InChI=1S/C13H15N3O2S2/c1-8-14-11-6-10(15-9-2-4-19-5-3-9)12(16(17)18)7-13(11)20-8/h6-7,9,15H,2-5H2,1H3. The number of thiazole rings is 1. The summed E-state index contributed by atoms with van der Waals surface area (Å²) in [5.74, 6) is 2.23. The van der Waals surface area contributed by atoms with Gasteiger partial charge in [-0.1, -0.05) is 0 Å². The van der Waals surface area contributed by atoms with Crippen LogP contribution in [0.25, 0.3) is 10.2 Å². The molecule has 0 atom stereocenters. The van der Waals surface area contributed by atoms with Crippen LogP contribution in [0.2, 0.25) is 0 Å². The SMILES string of the molecule is Cc1nc2cc(NC3CCSCC3)c([N+](=O)[O-])cc2s1. The molecule has 1 aliphatic rings. The predicted octanol–water partition coefficient (Wildman–Crippen LogP) is 3.82. The van der Waals surface area contributed by atoms with Gasteiger partial charge in [0, 0.05) is 12.1 Å². The molecule has 1 saturated heterocycles. The lowest BCUT2D eigenvalue weighted by atomic mass is 10.1. The number of aryl methyl sites for hydroxylation is 1. The van der Waals surface area contributed by atoms with E-state index in [0.717, 1.165) is 39.6 Å². The predicted molar refractivity (Wildman–Crippen MR) is 85.0 cm³/mol. The van der Waals surface area contributed by atoms with Crippen LogP contribution in [-0.4, -0.2) is 27.5 Å². The number of aromatic nitrogens is 1. The fraction of sp³-hybridized carbons (Fsp3) is 0.462. The summed E-state index contributed by atoms with van der Waals surface area (Å²) >= 11 is 3.43. The van der Waals surface area contributed by atoms with Gasteiger partial charge < -0.3 is 5.32 Å². The second-order valence-electron chi connectivity index (χ2n) is 4.86. The molecular formula is C13H15N3O2S2. The van der Waals surface area contributed by atoms with E-state index in [1.165, 1.54) is 11.3 Å². The molecule has 0 aliphatic carbocycles. The number of benzene rings is 1. The van der Waals surface area contributed by atoms with Crippen LogP contribution < -0.4 is 5.32 Å². The third-order valence-corrected chi connectivity index (χ3v) is 5.37. The number of nitro groups is 1. The summed E-state index contributed by atoms with van der Waals surface area (Å²) in [5.41, 5.74) is 1.59. The van der Waals surface area contributed by atoms with Crippen LogP contribution in [0.1, 0.15) is 17.8 Å². The number of nitro benzene ring substituents is 1. The van der Waals surface area contributed by atoms with Gasteiger partial charge in [-0.25, -0.2) is 4.98 Å². The van der Waals surface area contributed by atoms with Crippen molar-refractivity contribution in [2.45, 2.75) is 25.8 Å². The van der Waals surface area contributed by atoms with E-state index in [2.05, 4.69) is 10.3 Å². The third kappa shape index (κ3) is 2.73. The summed E-state index contributed by atoms with van der Waals surface area (Å²) in [6, 6.07) is 3.78. The molecule has 3 rings (SSSR count). The number of hydrogen-bond donors (Lipinski definition) is 1. The first-order chi connectivity index (χ1) is 9.63. The number of nitrogens with zero attached hydrogens (tertiary/aromatic N) is 2. The highest BCUT2D eigenvalue weighted by atomic mass is 32.2. The monoisotopic (exact) mass is 309 g/mol. The molecule has 2 aromatic rings. The van der Waals surface area contributed by atoms with Crippen LogP contribution in [0.15, 0.2) is 12.1 Å². The summed E-state index contributed by atoms with van der Waals surface area (Å²) in [6.45, 7) is 1.92. The van der Waals surface area contributed by atoms with Crippen molar-refractivity contribution in [2.24, 2.45) is 0 Å². The van der Waals surface area contributed by atoms with Crippen molar-refractivity contribution in [3.63, 3.8) is 0 Å². The summed E-state index contributed by atoms with van der Waals surface area (Å²) in [5, 5.41) is 15.5. The third-order valence-electron chi connectivity index (χ3n) is 3.39. The molecule has 2 heterocycles. The molecule has 0 radical (unpaired) electrons. The van der Waals surface area contributed by atoms with E-state index in [9.17, 15) is 10.1 Å². The lowest BCUT2D eigenvalue weighted by Gasteiger charge is -2.23. The highest BCUT2D eigenvalue weighted by Gasteiger charge is 2.21. The highest BCUT2D eigenvalue weighted by Crippen LogP contribution is 2.34. The van der Waals surface area contributed by atoms with Crippen molar-refractivity contribution in [3.05, 3.63) is 27.3 Å². The second kappa shape index (κ2) is 5.57. The van der Waals surface area contributed by atoms with Crippen molar-refractivity contribution in [1.82, 2.24) is 4.98 Å². The molecule has 0 saturated carbocycles. The largest absolute Gasteiger partial charge is 0.377 e. The van der Waals surface area contributed by atoms with Gasteiger partial charge in [0.05, 0.1) is 20.1 Å². The van der Waals surface area contributed by atoms with Crippen LogP contribution in [-0.2, 0) is 0 Å². The molecule has 0 bridgehead atoms. The van der Waals surface area contributed by atoms with E-state index in [0.29, 0.717) is 11.7 Å². The summed E-state index contributed by atoms with van der Waals surface area (Å²) < 4.78 is 0.874. The Kier molecular flexibility index (Phi) is 3.80. The number of nitrogens with one attached hydrogen (secondary N) is 1. The van der Waals surface area contributed by atoms with E-state index in [1.54, 1.807) is 6.07 Å². The Morgan fingerprint density at radius 2 is 2.15 bits per heavy atom. The van der Waals surface area contributed by atoms with Gasteiger partial charge >= 0.3 is 0 Å². The minimum atomic E-state index is -0.311. The second-order valence-corrected chi connectivity index (χ2v) is 7.32. The van der Waals surface area contributed by atoms with Gasteiger partial charge in [0.15, 0.2) is 0 Å². The molecule has 0 amide bonds. The van der Waals surface area contributed by atoms with Crippen molar-refractivity contribution in [1.29, 1.82) is 0 Å². The normalized spacial score (nSPS) is 16.4. The fourth-order valence-electron chi connectivity index (χ4n) is 2.41. The Labute approximate surface area is 124 Å². The van der Waals surface area contributed by atoms with Crippen LogP contribution >= 0.6 is 23.1 Å². The molecule has 0 unspecified atom stereocenters. The van der Waals surface area contributed by atoms with E-state index in [-0.39, 0.29) is 10.6 Å². The maximum atomic E-state index is 11.3. The number of anilines is 1. The van der Waals surface area contributed by atoms with Crippen molar-refractivity contribution >= 4 is 44.7 Å². The van der Waals surface area contributed by atoms with Crippen LogP contribution in [0.5, 0.6) is 0 Å². The summed E-state index contributed by atoms with van der Waals surface area (Å²) in [4.78, 5) is 15.4. The van der Waals surface area contributed by atoms with Gasteiger partial charge in [0.2, 0.25) is 0 Å². The first-order valence-electron chi connectivity index (χ1n) is 6.53. The van der Waals surface area contributed by atoms with Gasteiger partial charge in [-0.15, -0.1) is 11.3 Å². The average molecular weight is 309 g/mol. The zero-order valence-electron chi connectivity index (χ0n) is 11.1. The first kappa shape index (κ1) is 13.6. The van der Waals surface area contributed by atoms with Crippen molar-refractivity contribution < 1.29 is 4.92 Å². The molecule has 1 aromatic carbocycles. The molecule has 1 N–H and O–H groups in total. The number of thioether (sulfide) groups is 1. The number of fused-ring (bicyclic) bond motifs is 1. The minimum Gasteiger partial charge on any atom is -0.377 e. The molecule has 5 nitrogen and oxygen atoms in total. The quantitative estimate of drug-likeness (QED) is 0.689. The Morgan fingerprint density at radius 1 is 1.40 bits per heavy atom. The van der Waals surface area contributed by atoms with Crippen molar-refractivity contribution in [3.8, 4) is 0 Å². The molecule has 1 aromatic heterocycles. The minimum absolute atomic E-state index is 0.152. The average Bonchev–Trinajstić information content (AvgIpc) is 2.78. The van der Waals surface area contributed by atoms with Gasteiger partial charge in [0.1, 0.15) is 5.69 Å². The van der Waals surface area contributed by atoms with Gasteiger partial charge in [0.25, 0.3) is 5.69 Å². The molecule has 7 heteroatoms. The van der Waals surface area contributed by atoms with Gasteiger partial charge in [-0.3, -0.25) is 10.1 Å². The maximum Gasteiger partial charge on any atom is 0.293 e. The van der Waals surface area contributed by atoms with E-state index < -0.39 is 0 Å². The molecular weight excluding hydrogens is 294 g/mol. The topological polar surface area (TPSA) is 68.1 Å². The highest BCUT2D eigenvalue weighted by molar-refractivity contribution is 7.99. The first-order valence-corrected chi connectivity index (χ1v) is 8.50. The lowest BCUT2D eigenvalue weighted by Crippen LogP contribution is -2.24. The van der Waals surface area contributed by atoms with E-state index in [1.807, 2.05) is 24.8 Å². The van der Waals surface area contributed by atoms with Gasteiger partial charge in [-0.05, 0) is 37.3 Å². The van der Waals surface area contributed by atoms with Crippen LogP contribution in [0, 0.1) is 17.0 Å². The number of hydrogen-bond acceptors (Lipinski definition) is 6. The summed E-state index contributed by atoms with van der Waals surface area (Å²) in [7, 11) is 0. The Balaban J connectivity index is 1.97. The Bertz CT molecular complexity index is 650. The maximum absolute atomic E-state index is 11.3. The zero-order valence-corrected chi connectivity index (χ0v) is 12.7. The van der Waals surface area contributed by atoms with Gasteiger partial charge in [-0.2, -0.15) is 11.8 Å². The van der Waals surface area contributed by atoms with Crippen molar-refractivity contribution in [2.75, 3.05) is 16.8 Å². The van der Waals surface area contributed by atoms with E-state index >= 15 is 0 Å². The van der Waals surface area contributed by atoms with Crippen LogP contribution in [0.3, 0.4) is 0 Å².